The summed E-state index contributed by atoms with van der Waals surface area (Å²) in [6.07, 6.45) is 2.09. The molecule has 1 aromatic rings. The van der Waals surface area contributed by atoms with E-state index < -0.39 is 0 Å². The first-order chi connectivity index (χ1) is 7.36. The molecule has 0 unspecified atom stereocenters. The average molecular weight is 225 g/mol. The van der Waals surface area contributed by atoms with Crippen molar-refractivity contribution in [1.29, 1.82) is 0 Å². The molecule has 1 atom stereocenters. The fourth-order valence-electron chi connectivity index (χ4n) is 1.72. The molecule has 15 heavy (non-hydrogen) atoms. The molecular formula is C10H15N3OS. The molecule has 4 nitrogen and oxygen atoms in total. The molecule has 5 heteroatoms. The lowest BCUT2D eigenvalue weighted by atomic mass is 9.99. The summed E-state index contributed by atoms with van der Waals surface area (Å²) in [5.74, 6) is 0.285. The predicted molar refractivity (Wildman–Crippen MR) is 59.6 cm³/mol. The Balaban J connectivity index is 1.76. The first kappa shape index (κ1) is 10.6. The molecule has 1 amide bonds. The number of nitrogens with one attached hydrogen (secondary N) is 2. The van der Waals surface area contributed by atoms with E-state index >= 15 is 0 Å². The SMILES string of the molecule is O=C(NCc1cscn1)[C@@H]1CCCNC1. The Morgan fingerprint density at radius 1 is 1.73 bits per heavy atom. The number of hydrogen-bond acceptors (Lipinski definition) is 4. The number of carbonyl (C=O) groups is 1. The van der Waals surface area contributed by atoms with Crippen LogP contribution in [0.1, 0.15) is 18.5 Å². The molecule has 0 saturated carbocycles. The Labute approximate surface area is 93.1 Å². The van der Waals surface area contributed by atoms with E-state index in [4.69, 9.17) is 0 Å². The second kappa shape index (κ2) is 5.23. The molecule has 0 spiro atoms. The summed E-state index contributed by atoms with van der Waals surface area (Å²) in [7, 11) is 0. The quantitative estimate of drug-likeness (QED) is 0.798. The monoisotopic (exact) mass is 225 g/mol. The summed E-state index contributed by atoms with van der Waals surface area (Å²) in [5.41, 5.74) is 2.72. The molecular weight excluding hydrogens is 210 g/mol. The van der Waals surface area contributed by atoms with Crippen molar-refractivity contribution in [3.05, 3.63) is 16.6 Å². The Bertz CT molecular complexity index is 306. The maximum Gasteiger partial charge on any atom is 0.224 e. The summed E-state index contributed by atoms with van der Waals surface area (Å²) in [6, 6.07) is 0. The molecule has 2 N–H and O–H groups in total. The van der Waals surface area contributed by atoms with Gasteiger partial charge in [0.1, 0.15) is 0 Å². The predicted octanol–water partition coefficient (Wildman–Crippen LogP) is 0.759. The van der Waals surface area contributed by atoms with Crippen LogP contribution in [0.2, 0.25) is 0 Å². The van der Waals surface area contributed by atoms with E-state index in [9.17, 15) is 4.79 Å². The van der Waals surface area contributed by atoms with Crippen LogP contribution in [0.25, 0.3) is 0 Å². The number of rotatable bonds is 3. The Kier molecular flexibility index (Phi) is 3.69. The molecule has 1 aliphatic rings. The highest BCUT2D eigenvalue weighted by atomic mass is 32.1. The number of aromatic nitrogens is 1. The van der Waals surface area contributed by atoms with Gasteiger partial charge in [-0.15, -0.1) is 11.3 Å². The third kappa shape index (κ3) is 3.00. The van der Waals surface area contributed by atoms with Crippen LogP contribution in [-0.2, 0) is 11.3 Å². The zero-order valence-electron chi connectivity index (χ0n) is 8.53. The van der Waals surface area contributed by atoms with Crippen molar-refractivity contribution in [2.24, 2.45) is 5.92 Å². The Hall–Kier alpha value is -0.940. The topological polar surface area (TPSA) is 54.0 Å². The first-order valence-electron chi connectivity index (χ1n) is 5.22. The van der Waals surface area contributed by atoms with Gasteiger partial charge in [-0.1, -0.05) is 0 Å². The standard InChI is InChI=1S/C10H15N3OS/c14-10(8-2-1-3-11-4-8)12-5-9-6-15-7-13-9/h6-8,11H,1-5H2,(H,12,14)/t8-/m1/s1. The zero-order chi connectivity index (χ0) is 10.5. The third-order valence-corrected chi connectivity index (χ3v) is 3.23. The minimum atomic E-state index is 0.136. The van der Waals surface area contributed by atoms with Gasteiger partial charge in [-0.2, -0.15) is 0 Å². The fraction of sp³-hybridized carbons (Fsp3) is 0.600. The van der Waals surface area contributed by atoms with E-state index in [2.05, 4.69) is 15.6 Å². The number of hydrogen-bond donors (Lipinski definition) is 2. The molecule has 2 rings (SSSR count). The Morgan fingerprint density at radius 3 is 3.33 bits per heavy atom. The molecule has 1 aromatic heterocycles. The van der Waals surface area contributed by atoms with Gasteiger partial charge in [-0.25, -0.2) is 4.98 Å². The third-order valence-electron chi connectivity index (χ3n) is 2.59. The number of piperidine rings is 1. The fourth-order valence-corrected chi connectivity index (χ4v) is 2.28. The molecule has 1 aliphatic heterocycles. The van der Waals surface area contributed by atoms with Crippen LogP contribution >= 0.6 is 11.3 Å². The van der Waals surface area contributed by atoms with Gasteiger partial charge in [0.25, 0.3) is 0 Å². The largest absolute Gasteiger partial charge is 0.350 e. The lowest BCUT2D eigenvalue weighted by Gasteiger charge is -2.21. The second-order valence-corrected chi connectivity index (χ2v) is 4.46. The van der Waals surface area contributed by atoms with Gasteiger partial charge in [0.2, 0.25) is 5.91 Å². The van der Waals surface area contributed by atoms with E-state index in [-0.39, 0.29) is 11.8 Å². The number of amides is 1. The van der Waals surface area contributed by atoms with Crippen molar-refractivity contribution in [2.75, 3.05) is 13.1 Å². The van der Waals surface area contributed by atoms with Crippen LogP contribution in [-0.4, -0.2) is 24.0 Å². The van der Waals surface area contributed by atoms with E-state index in [0.717, 1.165) is 31.6 Å². The van der Waals surface area contributed by atoms with Crippen molar-refractivity contribution in [1.82, 2.24) is 15.6 Å². The maximum atomic E-state index is 11.7. The summed E-state index contributed by atoms with van der Waals surface area (Å²) < 4.78 is 0. The van der Waals surface area contributed by atoms with E-state index in [0.29, 0.717) is 6.54 Å². The lowest BCUT2D eigenvalue weighted by molar-refractivity contribution is -0.125. The molecule has 0 bridgehead atoms. The summed E-state index contributed by atoms with van der Waals surface area (Å²) >= 11 is 1.55. The van der Waals surface area contributed by atoms with Gasteiger partial charge in [0, 0.05) is 11.9 Å². The number of nitrogens with zero attached hydrogens (tertiary/aromatic N) is 1. The van der Waals surface area contributed by atoms with Crippen molar-refractivity contribution < 1.29 is 4.79 Å². The molecule has 1 saturated heterocycles. The van der Waals surface area contributed by atoms with Crippen LogP contribution < -0.4 is 10.6 Å². The van der Waals surface area contributed by atoms with Crippen LogP contribution in [0.15, 0.2) is 10.9 Å². The first-order valence-corrected chi connectivity index (χ1v) is 6.16. The molecule has 0 aliphatic carbocycles. The van der Waals surface area contributed by atoms with Crippen molar-refractivity contribution in [3.63, 3.8) is 0 Å². The van der Waals surface area contributed by atoms with Gasteiger partial charge in [0.05, 0.1) is 23.7 Å². The molecule has 82 valence electrons. The second-order valence-electron chi connectivity index (χ2n) is 3.74. The van der Waals surface area contributed by atoms with E-state index in [1.54, 1.807) is 16.8 Å². The van der Waals surface area contributed by atoms with Gasteiger partial charge < -0.3 is 10.6 Å². The van der Waals surface area contributed by atoms with Crippen LogP contribution in [0, 0.1) is 5.92 Å². The summed E-state index contributed by atoms with van der Waals surface area (Å²) in [5, 5.41) is 8.11. The molecule has 0 aromatic carbocycles. The van der Waals surface area contributed by atoms with E-state index in [1.807, 2.05) is 5.38 Å². The summed E-state index contributed by atoms with van der Waals surface area (Å²) in [4.78, 5) is 15.8. The normalized spacial score (nSPS) is 21.2. The Morgan fingerprint density at radius 2 is 2.67 bits per heavy atom. The highest BCUT2D eigenvalue weighted by molar-refractivity contribution is 7.07. The number of carbonyl (C=O) groups excluding carboxylic acids is 1. The minimum Gasteiger partial charge on any atom is -0.350 e. The molecule has 0 radical (unpaired) electrons. The van der Waals surface area contributed by atoms with Crippen molar-refractivity contribution >= 4 is 17.2 Å². The van der Waals surface area contributed by atoms with Crippen molar-refractivity contribution in [2.45, 2.75) is 19.4 Å². The maximum absolute atomic E-state index is 11.7. The van der Waals surface area contributed by atoms with Gasteiger partial charge in [-0.3, -0.25) is 4.79 Å². The van der Waals surface area contributed by atoms with Gasteiger partial charge in [-0.05, 0) is 19.4 Å². The van der Waals surface area contributed by atoms with E-state index in [1.165, 1.54) is 0 Å². The summed E-state index contributed by atoms with van der Waals surface area (Å²) in [6.45, 7) is 2.40. The smallest absolute Gasteiger partial charge is 0.224 e. The van der Waals surface area contributed by atoms with Crippen LogP contribution in [0.3, 0.4) is 0 Å². The molecule has 1 fully saturated rings. The highest BCUT2D eigenvalue weighted by Gasteiger charge is 2.20. The van der Waals surface area contributed by atoms with Crippen LogP contribution in [0.5, 0.6) is 0 Å². The van der Waals surface area contributed by atoms with Gasteiger partial charge in [0.15, 0.2) is 0 Å². The molecule has 2 heterocycles. The van der Waals surface area contributed by atoms with Crippen LogP contribution in [0.4, 0.5) is 0 Å². The minimum absolute atomic E-state index is 0.136. The lowest BCUT2D eigenvalue weighted by Crippen LogP contribution is -2.40. The zero-order valence-corrected chi connectivity index (χ0v) is 9.35. The average Bonchev–Trinajstić information content (AvgIpc) is 2.80. The van der Waals surface area contributed by atoms with Gasteiger partial charge >= 0.3 is 0 Å². The highest BCUT2D eigenvalue weighted by Crippen LogP contribution is 2.10. The van der Waals surface area contributed by atoms with Crippen molar-refractivity contribution in [3.8, 4) is 0 Å². The number of thiazole rings is 1.